The SMILES string of the molecule is CC(C)c1ccc(CCC(=O)N2CCN(C(=O)c3ccco3)CC2)cc1. The first-order valence-electron chi connectivity index (χ1n) is 9.24. The highest BCUT2D eigenvalue weighted by Crippen LogP contribution is 2.16. The van der Waals surface area contributed by atoms with Gasteiger partial charge in [-0.05, 0) is 35.6 Å². The lowest BCUT2D eigenvalue weighted by Crippen LogP contribution is -2.50. The lowest BCUT2D eigenvalue weighted by atomic mass is 10.00. The highest BCUT2D eigenvalue weighted by atomic mass is 16.3. The molecule has 138 valence electrons. The van der Waals surface area contributed by atoms with Crippen LogP contribution in [0.5, 0.6) is 0 Å². The summed E-state index contributed by atoms with van der Waals surface area (Å²) in [6.45, 7) is 6.61. The molecule has 2 heterocycles. The Hall–Kier alpha value is -2.56. The fourth-order valence-electron chi connectivity index (χ4n) is 3.19. The van der Waals surface area contributed by atoms with E-state index in [1.165, 1.54) is 17.4 Å². The molecule has 1 aromatic heterocycles. The Morgan fingerprint density at radius 2 is 1.65 bits per heavy atom. The number of piperazine rings is 1. The third-order valence-corrected chi connectivity index (χ3v) is 4.93. The molecule has 1 aliphatic rings. The van der Waals surface area contributed by atoms with Gasteiger partial charge in [-0.25, -0.2) is 0 Å². The Kier molecular flexibility index (Phi) is 5.76. The van der Waals surface area contributed by atoms with Gasteiger partial charge in [-0.1, -0.05) is 38.1 Å². The lowest BCUT2D eigenvalue weighted by molar-refractivity contribution is -0.132. The highest BCUT2D eigenvalue weighted by Gasteiger charge is 2.25. The zero-order valence-corrected chi connectivity index (χ0v) is 15.5. The molecule has 1 fully saturated rings. The molecular weight excluding hydrogens is 328 g/mol. The molecule has 0 bridgehead atoms. The first-order chi connectivity index (χ1) is 12.5. The summed E-state index contributed by atoms with van der Waals surface area (Å²) >= 11 is 0. The van der Waals surface area contributed by atoms with Crippen LogP contribution < -0.4 is 0 Å². The maximum Gasteiger partial charge on any atom is 0.289 e. The average Bonchev–Trinajstić information content (AvgIpc) is 3.20. The molecule has 0 unspecified atom stereocenters. The van der Waals surface area contributed by atoms with E-state index in [2.05, 4.69) is 38.1 Å². The topological polar surface area (TPSA) is 53.8 Å². The Labute approximate surface area is 154 Å². The minimum absolute atomic E-state index is 0.104. The van der Waals surface area contributed by atoms with Crippen molar-refractivity contribution in [2.45, 2.75) is 32.6 Å². The summed E-state index contributed by atoms with van der Waals surface area (Å²) < 4.78 is 5.16. The van der Waals surface area contributed by atoms with Gasteiger partial charge in [0.25, 0.3) is 5.91 Å². The van der Waals surface area contributed by atoms with Gasteiger partial charge in [0.1, 0.15) is 0 Å². The van der Waals surface area contributed by atoms with Crippen LogP contribution in [0.15, 0.2) is 47.1 Å². The van der Waals surface area contributed by atoms with Gasteiger partial charge in [-0.15, -0.1) is 0 Å². The van der Waals surface area contributed by atoms with Gasteiger partial charge in [0.2, 0.25) is 5.91 Å². The maximum atomic E-state index is 12.5. The first-order valence-corrected chi connectivity index (χ1v) is 9.24. The number of nitrogens with zero attached hydrogens (tertiary/aromatic N) is 2. The molecule has 2 amide bonds. The highest BCUT2D eigenvalue weighted by molar-refractivity contribution is 5.91. The van der Waals surface area contributed by atoms with E-state index in [-0.39, 0.29) is 11.8 Å². The van der Waals surface area contributed by atoms with E-state index in [1.54, 1.807) is 17.0 Å². The molecule has 0 aliphatic carbocycles. The van der Waals surface area contributed by atoms with Crippen molar-refractivity contribution in [2.75, 3.05) is 26.2 Å². The van der Waals surface area contributed by atoms with E-state index in [0.29, 0.717) is 44.3 Å². The van der Waals surface area contributed by atoms with E-state index >= 15 is 0 Å². The summed E-state index contributed by atoms with van der Waals surface area (Å²) in [4.78, 5) is 28.3. The fraction of sp³-hybridized carbons (Fsp3) is 0.429. The fourth-order valence-corrected chi connectivity index (χ4v) is 3.19. The molecule has 0 N–H and O–H groups in total. The minimum Gasteiger partial charge on any atom is -0.459 e. The summed E-state index contributed by atoms with van der Waals surface area (Å²) in [5.74, 6) is 0.927. The molecule has 5 heteroatoms. The second-order valence-electron chi connectivity index (χ2n) is 7.05. The second kappa shape index (κ2) is 8.21. The molecule has 1 aromatic carbocycles. The molecule has 0 saturated carbocycles. The van der Waals surface area contributed by atoms with Crippen LogP contribution in [0.3, 0.4) is 0 Å². The van der Waals surface area contributed by atoms with Gasteiger partial charge < -0.3 is 14.2 Å². The summed E-state index contributed by atoms with van der Waals surface area (Å²) in [5.41, 5.74) is 2.51. The normalized spacial score (nSPS) is 14.7. The predicted octanol–water partition coefficient (Wildman–Crippen LogP) is 3.32. The third kappa shape index (κ3) is 4.34. The standard InChI is InChI=1S/C21H26N2O3/c1-16(2)18-8-5-17(6-9-18)7-10-20(24)22-11-13-23(14-12-22)21(25)19-4-3-15-26-19/h3-6,8-9,15-16H,7,10-14H2,1-2H3. The molecule has 0 atom stereocenters. The second-order valence-corrected chi connectivity index (χ2v) is 7.05. The van der Waals surface area contributed by atoms with Crippen LogP contribution in [-0.4, -0.2) is 47.8 Å². The molecule has 5 nitrogen and oxygen atoms in total. The number of rotatable bonds is 5. The van der Waals surface area contributed by atoms with Gasteiger partial charge in [0.05, 0.1) is 6.26 Å². The van der Waals surface area contributed by atoms with Crippen molar-refractivity contribution in [3.05, 3.63) is 59.5 Å². The molecule has 1 aliphatic heterocycles. The Morgan fingerprint density at radius 1 is 1.00 bits per heavy atom. The van der Waals surface area contributed by atoms with Crippen LogP contribution >= 0.6 is 0 Å². The lowest BCUT2D eigenvalue weighted by Gasteiger charge is -2.34. The predicted molar refractivity (Wildman–Crippen MR) is 100 cm³/mol. The number of hydrogen-bond donors (Lipinski definition) is 0. The van der Waals surface area contributed by atoms with E-state index in [4.69, 9.17) is 4.42 Å². The zero-order chi connectivity index (χ0) is 18.5. The van der Waals surface area contributed by atoms with Crippen LogP contribution in [0.4, 0.5) is 0 Å². The molecule has 2 aromatic rings. The monoisotopic (exact) mass is 354 g/mol. The zero-order valence-electron chi connectivity index (χ0n) is 15.5. The molecule has 0 spiro atoms. The summed E-state index contributed by atoms with van der Waals surface area (Å²) in [6.07, 6.45) is 2.76. The van der Waals surface area contributed by atoms with Crippen LogP contribution in [0.2, 0.25) is 0 Å². The Bertz CT molecular complexity index is 727. The van der Waals surface area contributed by atoms with Crippen molar-refractivity contribution in [1.82, 2.24) is 9.80 Å². The quantitative estimate of drug-likeness (QED) is 0.828. The smallest absolute Gasteiger partial charge is 0.289 e. The number of carbonyl (C=O) groups is 2. The number of carbonyl (C=O) groups excluding carboxylic acids is 2. The molecule has 0 radical (unpaired) electrons. The van der Waals surface area contributed by atoms with E-state index < -0.39 is 0 Å². The first kappa shape index (κ1) is 18.2. The summed E-state index contributed by atoms with van der Waals surface area (Å²) in [7, 11) is 0. The molecule has 1 saturated heterocycles. The van der Waals surface area contributed by atoms with E-state index in [1.807, 2.05) is 4.90 Å². The van der Waals surface area contributed by atoms with Crippen molar-refractivity contribution in [2.24, 2.45) is 0 Å². The van der Waals surface area contributed by atoms with Crippen LogP contribution in [-0.2, 0) is 11.2 Å². The van der Waals surface area contributed by atoms with Crippen molar-refractivity contribution in [3.8, 4) is 0 Å². The van der Waals surface area contributed by atoms with Gasteiger partial charge in [0, 0.05) is 32.6 Å². The van der Waals surface area contributed by atoms with Crippen molar-refractivity contribution in [3.63, 3.8) is 0 Å². The van der Waals surface area contributed by atoms with Crippen molar-refractivity contribution < 1.29 is 14.0 Å². The van der Waals surface area contributed by atoms with Crippen LogP contribution in [0.1, 0.15) is 47.9 Å². The summed E-state index contributed by atoms with van der Waals surface area (Å²) in [5, 5.41) is 0. The van der Waals surface area contributed by atoms with Gasteiger partial charge in [0.15, 0.2) is 5.76 Å². The number of aryl methyl sites for hydroxylation is 1. The van der Waals surface area contributed by atoms with Crippen LogP contribution in [0.25, 0.3) is 0 Å². The number of furan rings is 1. The van der Waals surface area contributed by atoms with Gasteiger partial charge in [-0.3, -0.25) is 9.59 Å². The molecular formula is C21H26N2O3. The largest absolute Gasteiger partial charge is 0.459 e. The van der Waals surface area contributed by atoms with Crippen LogP contribution in [0, 0.1) is 0 Å². The number of amides is 2. The van der Waals surface area contributed by atoms with E-state index in [0.717, 1.165) is 6.42 Å². The van der Waals surface area contributed by atoms with Gasteiger partial charge >= 0.3 is 0 Å². The molecule has 3 rings (SSSR count). The number of hydrogen-bond acceptors (Lipinski definition) is 3. The molecule has 26 heavy (non-hydrogen) atoms. The van der Waals surface area contributed by atoms with Gasteiger partial charge in [-0.2, -0.15) is 0 Å². The van der Waals surface area contributed by atoms with Crippen molar-refractivity contribution >= 4 is 11.8 Å². The number of benzene rings is 1. The summed E-state index contributed by atoms with van der Waals surface area (Å²) in [6, 6.07) is 11.9. The minimum atomic E-state index is -0.104. The Balaban J connectivity index is 1.45. The average molecular weight is 354 g/mol. The Morgan fingerprint density at radius 3 is 2.23 bits per heavy atom. The van der Waals surface area contributed by atoms with Crippen molar-refractivity contribution in [1.29, 1.82) is 0 Å². The third-order valence-electron chi connectivity index (χ3n) is 4.93. The maximum absolute atomic E-state index is 12.5. The van der Waals surface area contributed by atoms with E-state index in [9.17, 15) is 9.59 Å².